The Balaban J connectivity index is 0.0000194. The smallest absolute Gasteiger partial charge is 0.744 e. The van der Waals surface area contributed by atoms with Gasteiger partial charge in [0.2, 0.25) is 0 Å². The van der Waals surface area contributed by atoms with Crippen molar-refractivity contribution in [2.75, 3.05) is 13.2 Å². The number of allylic oxidation sites excluding steroid dienone is 4. The molecule has 0 aliphatic carbocycles. The summed E-state index contributed by atoms with van der Waals surface area (Å²) in [7, 11) is -5.01. The number of esters is 2. The summed E-state index contributed by atoms with van der Waals surface area (Å²) in [5.41, 5.74) is -0.792. The van der Waals surface area contributed by atoms with E-state index in [-0.39, 0.29) is 70.2 Å². The molecule has 7 nitrogen and oxygen atoms in total. The van der Waals surface area contributed by atoms with Gasteiger partial charge >= 0.3 is 63.3 Å². The van der Waals surface area contributed by atoms with Gasteiger partial charge in [-0.1, -0.05) is 120 Å². The molecule has 0 aliphatic heterocycles. The van der Waals surface area contributed by atoms with E-state index in [0.29, 0.717) is 12.8 Å². The topological polar surface area (TPSA) is 110 Å². The van der Waals surface area contributed by atoms with Crippen LogP contribution in [0.5, 0.6) is 0 Å². The van der Waals surface area contributed by atoms with Crippen LogP contribution in [-0.4, -0.2) is 38.1 Å². The van der Waals surface area contributed by atoms with E-state index in [0.717, 1.165) is 57.4 Å². The summed E-state index contributed by atoms with van der Waals surface area (Å²) < 4.78 is 46.3. The fraction of sp³-hybridized carbons (Fsp3) is 0.667. The molecule has 45 heavy (non-hydrogen) atoms. The number of ether oxygens (including phenoxy) is 2. The third kappa shape index (κ3) is 22.4. The minimum Gasteiger partial charge on any atom is -0.744 e. The Morgan fingerprint density at radius 3 is 1.40 bits per heavy atom. The number of rotatable bonds is 27. The second-order valence-electron chi connectivity index (χ2n) is 11.5. The summed E-state index contributed by atoms with van der Waals surface area (Å²) in [4.78, 5) is 24.9. The molecule has 1 aromatic carbocycles. The van der Waals surface area contributed by atoms with Crippen LogP contribution in [0.15, 0.2) is 47.4 Å². The Kier molecular flexibility index (Phi) is 28.8. The number of carbonyl (C=O) groups excluding carboxylic acids is 2. The van der Waals surface area contributed by atoms with Gasteiger partial charge in [0.25, 0.3) is 0 Å². The summed E-state index contributed by atoms with van der Waals surface area (Å²) >= 11 is 0. The van der Waals surface area contributed by atoms with Gasteiger partial charge in [-0.25, -0.2) is 18.0 Å². The molecule has 0 aromatic heterocycles. The van der Waals surface area contributed by atoms with Crippen LogP contribution >= 0.6 is 0 Å². The molecule has 0 saturated heterocycles. The van der Waals surface area contributed by atoms with Gasteiger partial charge in [-0.15, -0.1) is 0 Å². The van der Waals surface area contributed by atoms with Gasteiger partial charge in [-0.05, 0) is 64.5 Å². The van der Waals surface area contributed by atoms with Crippen molar-refractivity contribution >= 4 is 22.1 Å². The fourth-order valence-corrected chi connectivity index (χ4v) is 5.83. The molecule has 0 heterocycles. The first kappa shape index (κ1) is 44.2. The Morgan fingerprint density at radius 1 is 0.622 bits per heavy atom. The third-order valence-electron chi connectivity index (χ3n) is 7.69. The van der Waals surface area contributed by atoms with Crippen LogP contribution in [0.3, 0.4) is 0 Å². The molecule has 0 saturated carbocycles. The van der Waals surface area contributed by atoms with E-state index >= 15 is 0 Å². The largest absolute Gasteiger partial charge is 1.00 e. The van der Waals surface area contributed by atoms with Crippen molar-refractivity contribution in [1.29, 1.82) is 0 Å². The van der Waals surface area contributed by atoms with Crippen LogP contribution in [0, 0.1) is 0 Å². The van der Waals surface area contributed by atoms with Gasteiger partial charge in [0.1, 0.15) is 10.1 Å². The zero-order valence-electron chi connectivity index (χ0n) is 28.4. The van der Waals surface area contributed by atoms with Crippen molar-refractivity contribution in [3.63, 3.8) is 0 Å². The molecule has 9 heteroatoms. The van der Waals surface area contributed by atoms with E-state index in [1.807, 2.05) is 13.8 Å². The SMILES string of the molecule is C/C=C/CCCCCCCCCCCOC(=O)c1cccc(S(=O)(=O)[O-])c1C(=O)OCCCCCCCCCCC/C=C/C.[K+]. The molecule has 0 radical (unpaired) electrons. The molecular formula is C36H57KO7S. The summed E-state index contributed by atoms with van der Waals surface area (Å²) in [6.45, 7) is 4.34. The number of benzene rings is 1. The van der Waals surface area contributed by atoms with Gasteiger partial charge in [-0.3, -0.25) is 0 Å². The molecule has 0 amide bonds. The standard InChI is InChI=1S/C36H58O7S.K/c1-3-5-7-9-11-13-15-17-19-21-23-25-30-42-35(37)32-28-27-29-33(44(39,40)41)34(32)36(38)43-31-26-24-22-20-18-16-14-12-10-8-6-4-2;/h3-6,27-29H,7-26,30-31H2,1-2H3,(H,39,40,41);/q;+1/p-1/b5-3+,6-4+;. The van der Waals surface area contributed by atoms with Crippen LogP contribution in [0.4, 0.5) is 0 Å². The van der Waals surface area contributed by atoms with Crippen molar-refractivity contribution in [3.05, 3.63) is 53.6 Å². The zero-order chi connectivity index (χ0) is 32.3. The van der Waals surface area contributed by atoms with Crippen molar-refractivity contribution in [1.82, 2.24) is 0 Å². The average Bonchev–Trinajstić information content (AvgIpc) is 3.00. The first-order valence-electron chi connectivity index (χ1n) is 17.0. The van der Waals surface area contributed by atoms with Gasteiger partial charge in [-0.2, -0.15) is 0 Å². The summed E-state index contributed by atoms with van der Waals surface area (Å²) in [5.74, 6) is -1.83. The Hall–Kier alpha value is -0.814. The second kappa shape index (κ2) is 29.3. The number of unbranched alkanes of at least 4 members (excludes halogenated alkanes) is 18. The third-order valence-corrected chi connectivity index (χ3v) is 8.57. The van der Waals surface area contributed by atoms with Crippen molar-refractivity contribution in [2.24, 2.45) is 0 Å². The van der Waals surface area contributed by atoms with Crippen molar-refractivity contribution < 1.29 is 83.4 Å². The van der Waals surface area contributed by atoms with Crippen LogP contribution in [0.2, 0.25) is 0 Å². The van der Waals surface area contributed by atoms with Gasteiger partial charge in [0.05, 0.1) is 29.2 Å². The van der Waals surface area contributed by atoms with E-state index in [9.17, 15) is 22.6 Å². The van der Waals surface area contributed by atoms with E-state index in [1.165, 1.54) is 76.3 Å². The first-order chi connectivity index (χ1) is 21.3. The number of hydrogen-bond donors (Lipinski definition) is 0. The van der Waals surface area contributed by atoms with Crippen molar-refractivity contribution in [2.45, 2.75) is 147 Å². The minimum atomic E-state index is -5.01. The average molecular weight is 673 g/mol. The Bertz CT molecular complexity index is 1080. The first-order valence-corrected chi connectivity index (χ1v) is 18.4. The molecule has 0 unspecified atom stereocenters. The zero-order valence-corrected chi connectivity index (χ0v) is 32.3. The fourth-order valence-electron chi connectivity index (χ4n) is 5.14. The van der Waals surface area contributed by atoms with Crippen LogP contribution in [-0.2, 0) is 19.6 Å². The summed E-state index contributed by atoms with van der Waals surface area (Å²) in [5, 5.41) is 0. The van der Waals surface area contributed by atoms with Crippen LogP contribution in [0.1, 0.15) is 163 Å². The Morgan fingerprint density at radius 2 is 1.00 bits per heavy atom. The molecule has 1 aromatic rings. The molecule has 0 aliphatic rings. The minimum absolute atomic E-state index is 0. The Labute approximate surface area is 316 Å². The van der Waals surface area contributed by atoms with E-state index in [1.54, 1.807) is 0 Å². The van der Waals surface area contributed by atoms with Gasteiger partial charge < -0.3 is 14.0 Å². The molecule has 0 fully saturated rings. The normalized spacial score (nSPS) is 11.6. The van der Waals surface area contributed by atoms with Gasteiger partial charge in [0, 0.05) is 0 Å². The second-order valence-corrected chi connectivity index (χ2v) is 12.8. The maximum absolute atomic E-state index is 12.9. The van der Waals surface area contributed by atoms with Crippen LogP contribution < -0.4 is 51.4 Å². The maximum atomic E-state index is 12.9. The van der Waals surface area contributed by atoms with Gasteiger partial charge in [0.15, 0.2) is 0 Å². The molecule has 1 rings (SSSR count). The monoisotopic (exact) mass is 672 g/mol. The quantitative estimate of drug-likeness (QED) is 0.0330. The molecule has 0 atom stereocenters. The number of carbonyl (C=O) groups is 2. The van der Waals surface area contributed by atoms with E-state index in [2.05, 4.69) is 24.3 Å². The maximum Gasteiger partial charge on any atom is 1.00 e. The van der Waals surface area contributed by atoms with E-state index in [4.69, 9.17) is 9.47 Å². The number of hydrogen-bond acceptors (Lipinski definition) is 7. The molecule has 0 bridgehead atoms. The molecular weight excluding hydrogens is 616 g/mol. The summed E-state index contributed by atoms with van der Waals surface area (Å²) in [6.07, 6.45) is 30.7. The van der Waals surface area contributed by atoms with Crippen molar-refractivity contribution in [3.8, 4) is 0 Å². The van der Waals surface area contributed by atoms with Crippen LogP contribution in [0.25, 0.3) is 0 Å². The summed E-state index contributed by atoms with van der Waals surface area (Å²) in [6, 6.07) is 3.59. The molecule has 0 N–H and O–H groups in total. The molecule has 250 valence electrons. The predicted molar refractivity (Wildman–Crippen MR) is 177 cm³/mol. The predicted octanol–water partition coefficient (Wildman–Crippen LogP) is 6.86. The molecule has 0 spiro atoms. The van der Waals surface area contributed by atoms with E-state index < -0.39 is 32.5 Å².